The number of nitrogens with zero attached hydrogens (tertiary/aromatic N) is 3. The fourth-order valence-corrected chi connectivity index (χ4v) is 7.10. The van der Waals surface area contributed by atoms with Crippen molar-refractivity contribution in [3.05, 3.63) is 114 Å². The van der Waals surface area contributed by atoms with Crippen molar-refractivity contribution in [1.82, 2.24) is 9.88 Å². The van der Waals surface area contributed by atoms with E-state index >= 15 is 0 Å². The van der Waals surface area contributed by atoms with Gasteiger partial charge in [0.25, 0.3) is 10.0 Å². The maximum absolute atomic E-state index is 13.3. The van der Waals surface area contributed by atoms with Crippen LogP contribution < -0.4 is 9.03 Å². The van der Waals surface area contributed by atoms with Crippen molar-refractivity contribution in [1.29, 1.82) is 0 Å². The van der Waals surface area contributed by atoms with E-state index in [0.717, 1.165) is 10.6 Å². The van der Waals surface area contributed by atoms with Crippen LogP contribution in [0.3, 0.4) is 0 Å². The Bertz CT molecular complexity index is 2130. The molecule has 5 rings (SSSR count). The van der Waals surface area contributed by atoms with Gasteiger partial charge in [0.15, 0.2) is 5.88 Å². The topological polar surface area (TPSA) is 152 Å². The van der Waals surface area contributed by atoms with Crippen molar-refractivity contribution in [2.45, 2.75) is 18.7 Å². The van der Waals surface area contributed by atoms with Gasteiger partial charge in [0.05, 0.1) is 33.8 Å². The van der Waals surface area contributed by atoms with E-state index in [-0.39, 0.29) is 28.8 Å². The highest BCUT2D eigenvalue weighted by atomic mass is 32.2. The minimum Gasteiger partial charge on any atom is -0.494 e. The molecule has 5 aromatic rings. The number of H-pyrrole nitrogens is 1. The molecule has 244 valence electrons. The highest BCUT2D eigenvalue weighted by Crippen LogP contribution is 2.34. The molecular formula is C34H35N5O6S2. The Morgan fingerprint density at radius 1 is 0.851 bits per heavy atom. The number of amides is 1. The Labute approximate surface area is 274 Å². The quantitative estimate of drug-likeness (QED) is 0.149. The van der Waals surface area contributed by atoms with Gasteiger partial charge >= 0.3 is 0 Å². The van der Waals surface area contributed by atoms with Crippen molar-refractivity contribution < 1.29 is 26.7 Å². The van der Waals surface area contributed by atoms with E-state index in [1.165, 1.54) is 12.1 Å². The van der Waals surface area contributed by atoms with Gasteiger partial charge < -0.3 is 15.0 Å². The first-order valence-corrected chi connectivity index (χ1v) is 18.2. The molecule has 0 aliphatic heterocycles. The molecule has 0 saturated carbocycles. The molecule has 1 amide bonds. The second-order valence-corrected chi connectivity index (χ2v) is 14.3. The number of benzene rings is 4. The molecule has 0 saturated heterocycles. The Hall–Kier alpha value is -5.14. The molecule has 3 N–H and O–H groups in total. The summed E-state index contributed by atoms with van der Waals surface area (Å²) < 4.78 is 55.6. The number of hydrogen-bond donors (Lipinski definition) is 3. The number of para-hydroxylation sites is 1. The summed E-state index contributed by atoms with van der Waals surface area (Å²) in [6.07, 6.45) is 1.05. The average molecular weight is 674 g/mol. The fraction of sp³-hybridized carbons (Fsp3) is 0.176. The monoisotopic (exact) mass is 673 g/mol. The summed E-state index contributed by atoms with van der Waals surface area (Å²) in [7, 11) is -7.76. The lowest BCUT2D eigenvalue weighted by Gasteiger charge is -2.26. The molecule has 0 bridgehead atoms. The van der Waals surface area contributed by atoms with Crippen LogP contribution in [0.15, 0.2) is 113 Å². The molecular weight excluding hydrogens is 639 g/mol. The van der Waals surface area contributed by atoms with E-state index in [2.05, 4.69) is 9.71 Å². The molecule has 0 aliphatic rings. The van der Waals surface area contributed by atoms with E-state index in [9.17, 15) is 26.7 Å². The van der Waals surface area contributed by atoms with Gasteiger partial charge in [0.1, 0.15) is 6.54 Å². The SMILES string of the molecule is CCN(CC)C(=O)CN(c1ccc(N=C(c2ccccc2)c2c(O)[nH]c3ccc(S(=O)(=O)Nc4ccccc4)cc23)cc1)S(C)(=O)=O. The average Bonchev–Trinajstić information content (AvgIpc) is 3.38. The zero-order chi connectivity index (χ0) is 33.8. The molecule has 1 aromatic heterocycles. The Balaban J connectivity index is 1.57. The molecule has 0 aliphatic carbocycles. The Morgan fingerprint density at radius 2 is 1.47 bits per heavy atom. The Morgan fingerprint density at radius 3 is 2.06 bits per heavy atom. The van der Waals surface area contributed by atoms with Crippen molar-refractivity contribution in [3.63, 3.8) is 0 Å². The molecule has 0 fully saturated rings. The van der Waals surface area contributed by atoms with Crippen molar-refractivity contribution in [2.24, 2.45) is 4.99 Å². The van der Waals surface area contributed by atoms with E-state index in [1.54, 1.807) is 65.6 Å². The largest absolute Gasteiger partial charge is 0.494 e. The van der Waals surface area contributed by atoms with Crippen LogP contribution in [0, 0.1) is 0 Å². The van der Waals surface area contributed by atoms with Gasteiger partial charge in [-0.15, -0.1) is 0 Å². The highest BCUT2D eigenvalue weighted by Gasteiger charge is 2.24. The lowest BCUT2D eigenvalue weighted by atomic mass is 10.0. The van der Waals surface area contributed by atoms with Crippen LogP contribution in [0.5, 0.6) is 5.88 Å². The number of hydrogen-bond acceptors (Lipinski definition) is 7. The summed E-state index contributed by atoms with van der Waals surface area (Å²) in [5.74, 6) is -0.521. The summed E-state index contributed by atoms with van der Waals surface area (Å²) in [5.41, 5.74) is 2.91. The van der Waals surface area contributed by atoms with Crippen LogP contribution in [0.25, 0.3) is 10.9 Å². The maximum Gasteiger partial charge on any atom is 0.261 e. The molecule has 0 atom stereocenters. The minimum absolute atomic E-state index is 0.00834. The number of rotatable bonds is 12. The molecule has 0 spiro atoms. The van der Waals surface area contributed by atoms with Crippen LogP contribution in [0.1, 0.15) is 25.0 Å². The number of carbonyl (C=O) groups excluding carboxylic acids is 1. The highest BCUT2D eigenvalue weighted by molar-refractivity contribution is 7.92. The number of anilines is 2. The third kappa shape index (κ3) is 7.47. The van der Waals surface area contributed by atoms with Gasteiger partial charge in [-0.3, -0.25) is 13.8 Å². The van der Waals surface area contributed by atoms with Gasteiger partial charge in [-0.1, -0.05) is 48.5 Å². The van der Waals surface area contributed by atoms with Crippen molar-refractivity contribution in [2.75, 3.05) is 34.9 Å². The number of aliphatic imine (C=N–C) groups is 1. The summed E-state index contributed by atoms with van der Waals surface area (Å²) in [6.45, 7) is 4.24. The molecule has 4 aromatic carbocycles. The second kappa shape index (κ2) is 13.7. The first-order chi connectivity index (χ1) is 22.4. The van der Waals surface area contributed by atoms with Crippen LogP contribution in [0.4, 0.5) is 17.1 Å². The van der Waals surface area contributed by atoms with Gasteiger partial charge in [-0.05, 0) is 68.4 Å². The number of carbonyl (C=O) groups is 1. The number of aromatic amines is 1. The second-order valence-electron chi connectivity index (χ2n) is 10.7. The smallest absolute Gasteiger partial charge is 0.261 e. The normalized spacial score (nSPS) is 12.2. The Kier molecular flexibility index (Phi) is 9.68. The van der Waals surface area contributed by atoms with E-state index in [4.69, 9.17) is 4.99 Å². The van der Waals surface area contributed by atoms with Crippen molar-refractivity contribution >= 4 is 59.6 Å². The summed E-state index contributed by atoms with van der Waals surface area (Å²) in [5, 5.41) is 11.6. The van der Waals surface area contributed by atoms with Gasteiger partial charge in [0.2, 0.25) is 15.9 Å². The first kappa shape index (κ1) is 33.2. The molecule has 11 nitrogen and oxygen atoms in total. The standard InChI is InChI=1S/C34H35N5O6S2/c1-4-38(5-2)31(40)23-39(46(3,42)43)27-18-16-25(17-19-27)35-33(24-12-8-6-9-13-24)32-29-22-28(20-21-30(29)36-34(32)41)47(44,45)37-26-14-10-7-11-15-26/h6-22,36-37,41H,4-5,23H2,1-3H3. The number of likely N-dealkylation sites (N-methyl/N-ethyl adjacent to an activating group) is 1. The molecule has 47 heavy (non-hydrogen) atoms. The van der Waals surface area contributed by atoms with E-state index in [0.29, 0.717) is 52.3 Å². The number of nitrogens with one attached hydrogen (secondary N) is 2. The van der Waals surface area contributed by atoms with Crippen LogP contribution in [0.2, 0.25) is 0 Å². The number of aromatic hydroxyl groups is 1. The number of fused-ring (bicyclic) bond motifs is 1. The van der Waals surface area contributed by atoms with Gasteiger partial charge in [0, 0.05) is 35.2 Å². The van der Waals surface area contributed by atoms with E-state index < -0.39 is 20.0 Å². The van der Waals surface area contributed by atoms with Gasteiger partial charge in [-0.2, -0.15) is 0 Å². The third-order valence-corrected chi connectivity index (χ3v) is 10.1. The number of aromatic nitrogens is 1. The summed E-state index contributed by atoms with van der Waals surface area (Å²) in [6, 6.07) is 28.5. The summed E-state index contributed by atoms with van der Waals surface area (Å²) in [4.78, 5) is 22.1. The fourth-order valence-electron chi connectivity index (χ4n) is 5.17. The summed E-state index contributed by atoms with van der Waals surface area (Å²) >= 11 is 0. The first-order valence-electron chi connectivity index (χ1n) is 14.8. The lowest BCUT2D eigenvalue weighted by Crippen LogP contribution is -2.42. The lowest BCUT2D eigenvalue weighted by molar-refractivity contribution is -0.129. The van der Waals surface area contributed by atoms with Crippen LogP contribution >= 0.6 is 0 Å². The molecule has 0 radical (unpaired) electrons. The maximum atomic E-state index is 13.3. The minimum atomic E-state index is -3.97. The zero-order valence-electron chi connectivity index (χ0n) is 26.1. The van der Waals surface area contributed by atoms with E-state index in [1.807, 2.05) is 44.2 Å². The van der Waals surface area contributed by atoms with Crippen LogP contribution in [-0.4, -0.2) is 69.3 Å². The molecule has 13 heteroatoms. The van der Waals surface area contributed by atoms with Crippen molar-refractivity contribution in [3.8, 4) is 5.88 Å². The molecule has 0 unspecified atom stereocenters. The predicted octanol–water partition coefficient (Wildman–Crippen LogP) is 5.48. The zero-order valence-corrected chi connectivity index (χ0v) is 27.7. The number of sulfonamides is 2. The molecule has 1 heterocycles. The van der Waals surface area contributed by atoms with Gasteiger partial charge in [-0.25, -0.2) is 21.8 Å². The van der Waals surface area contributed by atoms with Crippen LogP contribution in [-0.2, 0) is 24.8 Å². The predicted molar refractivity (Wildman–Crippen MR) is 186 cm³/mol. The third-order valence-electron chi connectivity index (χ3n) is 7.54.